The zero-order valence-electron chi connectivity index (χ0n) is 8.75. The molecule has 1 rings (SSSR count). The summed E-state index contributed by atoms with van der Waals surface area (Å²) in [6.45, 7) is 2.24. The molecule has 0 saturated carbocycles. The van der Waals surface area contributed by atoms with E-state index in [1.807, 2.05) is 12.4 Å². The van der Waals surface area contributed by atoms with Crippen LogP contribution in [0.3, 0.4) is 0 Å². The first kappa shape index (κ1) is 11.4. The van der Waals surface area contributed by atoms with Crippen molar-refractivity contribution in [2.45, 2.75) is 45.4 Å². The molecule has 0 bridgehead atoms. The second kappa shape index (κ2) is 6.71. The average molecular weight is 210 g/mol. The van der Waals surface area contributed by atoms with Crippen LogP contribution < -0.4 is 0 Å². The molecule has 3 heteroatoms. The van der Waals surface area contributed by atoms with E-state index in [-0.39, 0.29) is 0 Å². The highest BCUT2D eigenvalue weighted by Crippen LogP contribution is 2.06. The highest BCUT2D eigenvalue weighted by molar-refractivity contribution is 7.71. The molecule has 0 atom stereocenters. The highest BCUT2D eigenvalue weighted by atomic mass is 32.1. The van der Waals surface area contributed by atoms with E-state index >= 15 is 0 Å². The molecular weight excluding hydrogens is 192 g/mol. The number of H-pyrrole nitrogens is 1. The second-order valence-corrected chi connectivity index (χ2v) is 3.98. The molecule has 0 aromatic carbocycles. The minimum Gasteiger partial charge on any atom is -0.337 e. The van der Waals surface area contributed by atoms with Gasteiger partial charge in [-0.1, -0.05) is 32.6 Å². The number of hydrogen-bond donors (Lipinski definition) is 1. The van der Waals surface area contributed by atoms with Crippen molar-refractivity contribution in [3.63, 3.8) is 0 Å². The van der Waals surface area contributed by atoms with Crippen molar-refractivity contribution in [3.05, 3.63) is 22.7 Å². The molecule has 1 aromatic rings. The van der Waals surface area contributed by atoms with Crippen LogP contribution in [0.2, 0.25) is 0 Å². The van der Waals surface area contributed by atoms with Crippen LogP contribution in [-0.4, -0.2) is 9.97 Å². The molecule has 0 radical (unpaired) electrons. The van der Waals surface area contributed by atoms with Crippen molar-refractivity contribution in [2.75, 3.05) is 0 Å². The summed E-state index contributed by atoms with van der Waals surface area (Å²) in [5.74, 6) is 0. The molecule has 0 saturated heterocycles. The van der Waals surface area contributed by atoms with Crippen LogP contribution in [-0.2, 0) is 6.42 Å². The van der Waals surface area contributed by atoms with Gasteiger partial charge < -0.3 is 4.98 Å². The van der Waals surface area contributed by atoms with Crippen LogP contribution in [0.25, 0.3) is 0 Å². The summed E-state index contributed by atoms with van der Waals surface area (Å²) in [5, 5.41) is 0. The molecule has 0 amide bonds. The third-order valence-electron chi connectivity index (χ3n) is 2.30. The Balaban J connectivity index is 2.18. The number of hydrogen-bond acceptors (Lipinski definition) is 2. The zero-order valence-corrected chi connectivity index (χ0v) is 9.57. The summed E-state index contributed by atoms with van der Waals surface area (Å²) in [6.07, 6.45) is 11.6. The lowest BCUT2D eigenvalue weighted by Crippen LogP contribution is -1.89. The topological polar surface area (TPSA) is 28.7 Å². The van der Waals surface area contributed by atoms with Crippen LogP contribution in [0.5, 0.6) is 0 Å². The first-order valence-electron chi connectivity index (χ1n) is 5.36. The summed E-state index contributed by atoms with van der Waals surface area (Å²) >= 11 is 4.87. The minimum absolute atomic E-state index is 0.569. The summed E-state index contributed by atoms with van der Waals surface area (Å²) < 4.78 is 0.569. The van der Waals surface area contributed by atoms with E-state index in [2.05, 4.69) is 16.9 Å². The molecular formula is C11H18N2S. The number of aromatic nitrogens is 2. The van der Waals surface area contributed by atoms with Gasteiger partial charge in [-0.05, 0) is 30.6 Å². The van der Waals surface area contributed by atoms with Crippen molar-refractivity contribution in [1.29, 1.82) is 0 Å². The van der Waals surface area contributed by atoms with Gasteiger partial charge in [-0.25, -0.2) is 4.98 Å². The normalized spacial score (nSPS) is 10.4. The molecule has 78 valence electrons. The van der Waals surface area contributed by atoms with Gasteiger partial charge in [0.25, 0.3) is 0 Å². The fourth-order valence-electron chi connectivity index (χ4n) is 1.44. The van der Waals surface area contributed by atoms with Gasteiger partial charge >= 0.3 is 0 Å². The van der Waals surface area contributed by atoms with Crippen molar-refractivity contribution in [3.8, 4) is 0 Å². The number of aryl methyl sites for hydroxylation is 1. The molecule has 0 spiro atoms. The van der Waals surface area contributed by atoms with Crippen LogP contribution in [0.15, 0.2) is 12.4 Å². The lowest BCUT2D eigenvalue weighted by molar-refractivity contribution is 0.631. The van der Waals surface area contributed by atoms with Crippen LogP contribution in [0.4, 0.5) is 0 Å². The standard InChI is InChI=1S/C11H18N2S/c1-2-3-4-5-6-7-10-8-12-11(14)13-9-10/h8-9H,2-7H2,1H3,(H,12,13,14). The van der Waals surface area contributed by atoms with E-state index in [0.29, 0.717) is 4.77 Å². The average Bonchev–Trinajstić information content (AvgIpc) is 2.21. The summed E-state index contributed by atoms with van der Waals surface area (Å²) in [6, 6.07) is 0. The Bertz CT molecular complexity index is 286. The Hall–Kier alpha value is -0.700. The molecule has 0 aliphatic carbocycles. The minimum atomic E-state index is 0.569. The van der Waals surface area contributed by atoms with Crippen molar-refractivity contribution < 1.29 is 0 Å². The van der Waals surface area contributed by atoms with Gasteiger partial charge in [-0.3, -0.25) is 0 Å². The fraction of sp³-hybridized carbons (Fsp3) is 0.636. The number of nitrogens with one attached hydrogen (secondary N) is 1. The van der Waals surface area contributed by atoms with E-state index in [4.69, 9.17) is 12.2 Å². The van der Waals surface area contributed by atoms with Gasteiger partial charge in [0.05, 0.1) is 0 Å². The van der Waals surface area contributed by atoms with E-state index in [1.54, 1.807) is 0 Å². The lowest BCUT2D eigenvalue weighted by Gasteiger charge is -2.00. The molecule has 1 heterocycles. The Morgan fingerprint density at radius 1 is 1.29 bits per heavy atom. The van der Waals surface area contributed by atoms with Gasteiger partial charge in [0.15, 0.2) is 4.77 Å². The van der Waals surface area contributed by atoms with Crippen molar-refractivity contribution in [1.82, 2.24) is 9.97 Å². The van der Waals surface area contributed by atoms with Crippen LogP contribution in [0, 0.1) is 4.77 Å². The van der Waals surface area contributed by atoms with E-state index in [1.165, 1.54) is 37.7 Å². The maximum Gasteiger partial charge on any atom is 0.196 e. The van der Waals surface area contributed by atoms with E-state index < -0.39 is 0 Å². The third kappa shape index (κ3) is 4.51. The first-order chi connectivity index (χ1) is 6.83. The van der Waals surface area contributed by atoms with Crippen LogP contribution in [0.1, 0.15) is 44.6 Å². The van der Waals surface area contributed by atoms with E-state index in [0.717, 1.165) is 6.42 Å². The van der Waals surface area contributed by atoms with E-state index in [9.17, 15) is 0 Å². The highest BCUT2D eigenvalue weighted by Gasteiger charge is 1.93. The number of rotatable bonds is 6. The van der Waals surface area contributed by atoms with Gasteiger partial charge in [0.2, 0.25) is 0 Å². The largest absolute Gasteiger partial charge is 0.337 e. The fourth-order valence-corrected chi connectivity index (χ4v) is 1.55. The van der Waals surface area contributed by atoms with Crippen molar-refractivity contribution in [2.24, 2.45) is 0 Å². The Labute approximate surface area is 90.8 Å². The van der Waals surface area contributed by atoms with Crippen molar-refractivity contribution >= 4 is 12.2 Å². The molecule has 0 aliphatic rings. The first-order valence-corrected chi connectivity index (χ1v) is 5.77. The summed E-state index contributed by atoms with van der Waals surface area (Å²) in [7, 11) is 0. The quantitative estimate of drug-likeness (QED) is 0.573. The Morgan fingerprint density at radius 2 is 2.07 bits per heavy atom. The van der Waals surface area contributed by atoms with Gasteiger partial charge in [0.1, 0.15) is 0 Å². The maximum absolute atomic E-state index is 4.87. The predicted octanol–water partition coefficient (Wildman–Crippen LogP) is 3.65. The zero-order chi connectivity index (χ0) is 10.2. The van der Waals surface area contributed by atoms with Gasteiger partial charge in [0, 0.05) is 12.4 Å². The maximum atomic E-state index is 4.87. The molecule has 1 N–H and O–H groups in total. The number of unbranched alkanes of at least 4 members (excludes halogenated alkanes) is 4. The third-order valence-corrected chi connectivity index (χ3v) is 2.52. The number of nitrogens with zero attached hydrogens (tertiary/aromatic N) is 1. The molecule has 0 unspecified atom stereocenters. The molecule has 0 aliphatic heterocycles. The van der Waals surface area contributed by atoms with Crippen LogP contribution >= 0.6 is 12.2 Å². The predicted molar refractivity (Wildman–Crippen MR) is 61.9 cm³/mol. The SMILES string of the molecule is CCCCCCCc1cnc(=S)[nH]c1. The smallest absolute Gasteiger partial charge is 0.196 e. The number of aromatic amines is 1. The van der Waals surface area contributed by atoms with Gasteiger partial charge in [-0.2, -0.15) is 0 Å². The molecule has 0 fully saturated rings. The monoisotopic (exact) mass is 210 g/mol. The lowest BCUT2D eigenvalue weighted by atomic mass is 10.1. The summed E-state index contributed by atoms with van der Waals surface area (Å²) in [5.41, 5.74) is 1.26. The molecule has 1 aromatic heterocycles. The van der Waals surface area contributed by atoms with Gasteiger partial charge in [-0.15, -0.1) is 0 Å². The Morgan fingerprint density at radius 3 is 2.71 bits per heavy atom. The molecule has 2 nitrogen and oxygen atoms in total. The Kier molecular flexibility index (Phi) is 5.45. The molecule has 14 heavy (non-hydrogen) atoms. The summed E-state index contributed by atoms with van der Waals surface area (Å²) in [4.78, 5) is 7.01. The second-order valence-electron chi connectivity index (χ2n) is 3.59.